The minimum Gasteiger partial charge on any atom is -0.362 e. The van der Waals surface area contributed by atoms with E-state index < -0.39 is 0 Å². The molecule has 0 amide bonds. The Labute approximate surface area is 122 Å². The second-order valence-electron chi connectivity index (χ2n) is 4.15. The van der Waals surface area contributed by atoms with E-state index in [9.17, 15) is 0 Å². The van der Waals surface area contributed by atoms with Gasteiger partial charge in [0.1, 0.15) is 11.4 Å². The van der Waals surface area contributed by atoms with E-state index in [4.69, 9.17) is 0 Å². The van der Waals surface area contributed by atoms with Gasteiger partial charge < -0.3 is 10.2 Å². The Hall–Kier alpha value is -1.14. The molecule has 0 radical (unpaired) electrons. The molecule has 0 fully saturated rings. The molecule has 2 aromatic rings. The van der Waals surface area contributed by atoms with E-state index in [-0.39, 0.29) is 0 Å². The number of hydrogen-bond acceptors (Lipinski definition) is 6. The van der Waals surface area contributed by atoms with Crippen molar-refractivity contribution >= 4 is 32.9 Å². The van der Waals surface area contributed by atoms with Gasteiger partial charge in [-0.3, -0.25) is 0 Å². The first kappa shape index (κ1) is 14.3. The first-order chi connectivity index (χ1) is 9.28. The smallest absolute Gasteiger partial charge is 0.185 e. The molecule has 2 heterocycles. The molecular formula is C13H20N4S2. The summed E-state index contributed by atoms with van der Waals surface area (Å²) in [5.41, 5.74) is 1.95. The summed E-state index contributed by atoms with van der Waals surface area (Å²) in [4.78, 5) is 11.5. The zero-order chi connectivity index (χ0) is 13.7. The van der Waals surface area contributed by atoms with Gasteiger partial charge in [0.25, 0.3) is 0 Å². The largest absolute Gasteiger partial charge is 0.362 e. The van der Waals surface area contributed by atoms with Crippen LogP contribution in [0.5, 0.6) is 0 Å². The Balaban J connectivity index is 2.11. The van der Waals surface area contributed by atoms with Gasteiger partial charge in [-0.15, -0.1) is 22.7 Å². The maximum Gasteiger partial charge on any atom is 0.185 e. The third-order valence-electron chi connectivity index (χ3n) is 2.82. The predicted octanol–water partition coefficient (Wildman–Crippen LogP) is 3.93. The highest BCUT2D eigenvalue weighted by molar-refractivity contribution is 7.14. The van der Waals surface area contributed by atoms with Gasteiger partial charge >= 0.3 is 0 Å². The summed E-state index contributed by atoms with van der Waals surface area (Å²) in [7, 11) is 0. The normalized spacial score (nSPS) is 10.7. The molecule has 2 rings (SSSR count). The lowest BCUT2D eigenvalue weighted by atomic mass is 10.4. The molecule has 0 unspecified atom stereocenters. The van der Waals surface area contributed by atoms with Crippen LogP contribution in [0.4, 0.5) is 10.3 Å². The average molecular weight is 296 g/mol. The van der Waals surface area contributed by atoms with Crippen molar-refractivity contribution in [2.24, 2.45) is 0 Å². The second-order valence-corrected chi connectivity index (χ2v) is 5.85. The molecule has 4 nitrogen and oxygen atoms in total. The van der Waals surface area contributed by atoms with Crippen molar-refractivity contribution in [1.82, 2.24) is 9.97 Å². The van der Waals surface area contributed by atoms with Crippen LogP contribution in [0.15, 0.2) is 10.8 Å². The fraction of sp³-hybridized carbons (Fsp3) is 0.538. The van der Waals surface area contributed by atoms with E-state index in [0.29, 0.717) is 0 Å². The van der Waals surface area contributed by atoms with E-state index in [2.05, 4.69) is 51.7 Å². The van der Waals surface area contributed by atoms with Crippen molar-refractivity contribution in [3.05, 3.63) is 10.8 Å². The number of nitrogens with one attached hydrogen (secondary N) is 1. The Morgan fingerprint density at radius 3 is 2.42 bits per heavy atom. The van der Waals surface area contributed by atoms with Crippen LogP contribution in [-0.4, -0.2) is 29.6 Å². The van der Waals surface area contributed by atoms with Crippen LogP contribution in [0.2, 0.25) is 0 Å². The molecule has 1 N–H and O–H groups in total. The van der Waals surface area contributed by atoms with Crippen LogP contribution in [0.25, 0.3) is 11.4 Å². The number of thiazole rings is 2. The summed E-state index contributed by atoms with van der Waals surface area (Å²) in [6.45, 7) is 9.40. The number of anilines is 2. The Morgan fingerprint density at radius 2 is 1.74 bits per heavy atom. The zero-order valence-electron chi connectivity index (χ0n) is 11.6. The molecule has 0 aromatic carbocycles. The molecule has 0 aliphatic carbocycles. The van der Waals surface area contributed by atoms with Crippen LogP contribution in [0, 0.1) is 0 Å². The molecule has 0 aliphatic heterocycles. The van der Waals surface area contributed by atoms with Crippen molar-refractivity contribution < 1.29 is 0 Å². The standard InChI is InChI=1S/C13H20N4S2/c1-4-7-14-12-15-10(8-18-12)11-9-19-13(16-11)17(5-2)6-3/h8-9H,4-7H2,1-3H3,(H,14,15). The maximum atomic E-state index is 4.68. The van der Waals surface area contributed by atoms with Gasteiger partial charge in [0.05, 0.1) is 0 Å². The molecule has 0 saturated heterocycles. The van der Waals surface area contributed by atoms with Crippen LogP contribution in [-0.2, 0) is 0 Å². The van der Waals surface area contributed by atoms with Crippen LogP contribution in [0.3, 0.4) is 0 Å². The summed E-state index contributed by atoms with van der Waals surface area (Å²) < 4.78 is 0. The number of rotatable bonds is 7. The van der Waals surface area contributed by atoms with E-state index in [1.807, 2.05) is 0 Å². The second kappa shape index (κ2) is 6.86. The highest BCUT2D eigenvalue weighted by atomic mass is 32.1. The van der Waals surface area contributed by atoms with Crippen molar-refractivity contribution in [2.45, 2.75) is 27.2 Å². The molecular weight excluding hydrogens is 276 g/mol. The number of hydrogen-bond donors (Lipinski definition) is 1. The molecule has 0 saturated carbocycles. The summed E-state index contributed by atoms with van der Waals surface area (Å²) in [6.07, 6.45) is 1.11. The van der Waals surface area contributed by atoms with Gasteiger partial charge in [0, 0.05) is 30.4 Å². The summed E-state index contributed by atoms with van der Waals surface area (Å²) in [6, 6.07) is 0. The molecule has 19 heavy (non-hydrogen) atoms. The topological polar surface area (TPSA) is 41.1 Å². The summed E-state index contributed by atoms with van der Waals surface area (Å²) in [5, 5.41) is 9.53. The minimum atomic E-state index is 0.967. The lowest BCUT2D eigenvalue weighted by molar-refractivity contribution is 0.860. The molecule has 6 heteroatoms. The molecule has 104 valence electrons. The monoisotopic (exact) mass is 296 g/mol. The van der Waals surface area contributed by atoms with Gasteiger partial charge in [-0.25, -0.2) is 9.97 Å². The SMILES string of the molecule is CCCNc1nc(-c2csc(N(CC)CC)n2)cs1. The van der Waals surface area contributed by atoms with Gasteiger partial charge in [-0.1, -0.05) is 6.92 Å². The summed E-state index contributed by atoms with van der Waals surface area (Å²) in [5.74, 6) is 0. The highest BCUT2D eigenvalue weighted by Gasteiger charge is 2.11. The van der Waals surface area contributed by atoms with Crippen LogP contribution < -0.4 is 10.2 Å². The molecule has 0 spiro atoms. The predicted molar refractivity (Wildman–Crippen MR) is 85.6 cm³/mol. The van der Waals surface area contributed by atoms with Gasteiger partial charge in [-0.05, 0) is 20.3 Å². The van der Waals surface area contributed by atoms with E-state index in [1.54, 1.807) is 22.7 Å². The first-order valence-electron chi connectivity index (χ1n) is 6.68. The van der Waals surface area contributed by atoms with E-state index in [0.717, 1.165) is 47.7 Å². The van der Waals surface area contributed by atoms with Crippen molar-refractivity contribution in [3.63, 3.8) is 0 Å². The number of aromatic nitrogens is 2. The fourth-order valence-electron chi connectivity index (χ4n) is 1.73. The van der Waals surface area contributed by atoms with Crippen LogP contribution in [0.1, 0.15) is 27.2 Å². The van der Waals surface area contributed by atoms with E-state index in [1.165, 1.54) is 0 Å². The van der Waals surface area contributed by atoms with Crippen molar-refractivity contribution in [1.29, 1.82) is 0 Å². The third-order valence-corrected chi connectivity index (χ3v) is 4.52. The van der Waals surface area contributed by atoms with Crippen LogP contribution >= 0.6 is 22.7 Å². The first-order valence-corrected chi connectivity index (χ1v) is 8.44. The fourth-order valence-corrected chi connectivity index (χ4v) is 3.41. The van der Waals surface area contributed by atoms with Crippen molar-refractivity contribution in [3.8, 4) is 11.4 Å². The molecule has 0 bridgehead atoms. The zero-order valence-corrected chi connectivity index (χ0v) is 13.3. The third kappa shape index (κ3) is 3.45. The maximum absolute atomic E-state index is 4.68. The quantitative estimate of drug-likeness (QED) is 0.840. The Kier molecular flexibility index (Phi) is 5.15. The highest BCUT2D eigenvalue weighted by Crippen LogP contribution is 2.29. The van der Waals surface area contributed by atoms with Gasteiger partial charge in [0.15, 0.2) is 10.3 Å². The number of nitrogens with zero attached hydrogens (tertiary/aromatic N) is 3. The lowest BCUT2D eigenvalue weighted by Gasteiger charge is -2.16. The van der Waals surface area contributed by atoms with Crippen molar-refractivity contribution in [2.75, 3.05) is 29.9 Å². The summed E-state index contributed by atoms with van der Waals surface area (Å²) >= 11 is 3.33. The van der Waals surface area contributed by atoms with Gasteiger partial charge in [-0.2, -0.15) is 0 Å². The molecule has 0 aliphatic rings. The van der Waals surface area contributed by atoms with E-state index >= 15 is 0 Å². The lowest BCUT2D eigenvalue weighted by Crippen LogP contribution is -2.21. The average Bonchev–Trinajstić information content (AvgIpc) is 3.06. The molecule has 2 aromatic heterocycles. The van der Waals surface area contributed by atoms with Gasteiger partial charge in [0.2, 0.25) is 0 Å². The molecule has 0 atom stereocenters. The minimum absolute atomic E-state index is 0.967. The Morgan fingerprint density at radius 1 is 1.05 bits per heavy atom. The Bertz CT molecular complexity index is 502.